The molecule has 0 saturated carbocycles. The van der Waals surface area contributed by atoms with Crippen molar-refractivity contribution in [1.29, 1.82) is 0 Å². The fourth-order valence-electron chi connectivity index (χ4n) is 2.05. The quantitative estimate of drug-likeness (QED) is 0.821. The van der Waals surface area contributed by atoms with Gasteiger partial charge in [0, 0.05) is 11.4 Å². The van der Waals surface area contributed by atoms with Gasteiger partial charge in [0.05, 0.1) is 5.56 Å². The molecule has 2 aromatic carbocycles. The van der Waals surface area contributed by atoms with Gasteiger partial charge in [0.25, 0.3) is 5.91 Å². The van der Waals surface area contributed by atoms with Gasteiger partial charge >= 0.3 is 0 Å². The Hall–Kier alpha value is -2.36. The van der Waals surface area contributed by atoms with Crippen LogP contribution in [-0.2, 0) is 0 Å². The van der Waals surface area contributed by atoms with Gasteiger partial charge in [-0.2, -0.15) is 0 Å². The number of nitrogen functional groups attached to an aromatic ring is 1. The summed E-state index contributed by atoms with van der Waals surface area (Å²) in [6.45, 7) is 5.51. The molecule has 2 aromatic rings. The van der Waals surface area contributed by atoms with Crippen LogP contribution in [-0.4, -0.2) is 5.91 Å². The summed E-state index contributed by atoms with van der Waals surface area (Å²) in [5.41, 5.74) is 9.60. The van der Waals surface area contributed by atoms with Gasteiger partial charge in [-0.1, -0.05) is 17.7 Å². The maximum absolute atomic E-state index is 13.7. The number of halogens is 1. The highest BCUT2D eigenvalue weighted by atomic mass is 19.1. The molecular weight excluding hydrogens is 255 g/mol. The third-order valence-electron chi connectivity index (χ3n) is 3.32. The fourth-order valence-corrected chi connectivity index (χ4v) is 2.05. The third kappa shape index (κ3) is 2.64. The Morgan fingerprint density at radius 1 is 1.15 bits per heavy atom. The summed E-state index contributed by atoms with van der Waals surface area (Å²) in [6.07, 6.45) is 0. The molecule has 0 aliphatic rings. The van der Waals surface area contributed by atoms with E-state index >= 15 is 0 Å². The van der Waals surface area contributed by atoms with Crippen LogP contribution in [0, 0.1) is 26.6 Å². The van der Waals surface area contributed by atoms with Crippen molar-refractivity contribution < 1.29 is 9.18 Å². The van der Waals surface area contributed by atoms with Gasteiger partial charge in [-0.25, -0.2) is 4.39 Å². The van der Waals surface area contributed by atoms with Crippen LogP contribution in [0.15, 0.2) is 30.3 Å². The summed E-state index contributed by atoms with van der Waals surface area (Å²) in [5.74, 6) is -1.00. The lowest BCUT2D eigenvalue weighted by molar-refractivity contribution is 0.102. The molecule has 1 amide bonds. The number of amides is 1. The monoisotopic (exact) mass is 272 g/mol. The molecule has 3 N–H and O–H groups in total. The number of hydrogen-bond acceptors (Lipinski definition) is 2. The highest BCUT2D eigenvalue weighted by Gasteiger charge is 2.15. The number of hydrogen-bond donors (Lipinski definition) is 2. The molecule has 2 rings (SSSR count). The van der Waals surface area contributed by atoms with Crippen molar-refractivity contribution in [3.63, 3.8) is 0 Å². The van der Waals surface area contributed by atoms with Crippen LogP contribution < -0.4 is 11.1 Å². The number of rotatable bonds is 2. The second-order valence-electron chi connectivity index (χ2n) is 4.91. The minimum absolute atomic E-state index is 0.0335. The lowest BCUT2D eigenvalue weighted by Gasteiger charge is -2.14. The van der Waals surface area contributed by atoms with E-state index in [1.807, 2.05) is 26.8 Å². The van der Waals surface area contributed by atoms with E-state index in [1.54, 1.807) is 12.1 Å². The van der Waals surface area contributed by atoms with Gasteiger partial charge in [0.15, 0.2) is 0 Å². The summed E-state index contributed by atoms with van der Waals surface area (Å²) in [4.78, 5) is 12.2. The Balaban J connectivity index is 2.38. The normalized spacial score (nSPS) is 10.4. The molecule has 0 spiro atoms. The Bertz CT molecular complexity index is 680. The molecule has 3 nitrogen and oxygen atoms in total. The molecule has 0 atom stereocenters. The van der Waals surface area contributed by atoms with Gasteiger partial charge in [-0.05, 0) is 50.1 Å². The van der Waals surface area contributed by atoms with E-state index in [4.69, 9.17) is 5.73 Å². The number of benzene rings is 2. The molecule has 0 bridgehead atoms. The highest BCUT2D eigenvalue weighted by Crippen LogP contribution is 2.26. The summed E-state index contributed by atoms with van der Waals surface area (Å²) >= 11 is 0. The second kappa shape index (κ2) is 5.33. The van der Waals surface area contributed by atoms with Crippen molar-refractivity contribution in [2.75, 3.05) is 11.1 Å². The van der Waals surface area contributed by atoms with Crippen molar-refractivity contribution in [2.24, 2.45) is 0 Å². The zero-order valence-electron chi connectivity index (χ0n) is 11.8. The number of aryl methyl sites for hydroxylation is 2. The number of anilines is 2. The van der Waals surface area contributed by atoms with Crippen LogP contribution in [0.3, 0.4) is 0 Å². The zero-order valence-corrected chi connectivity index (χ0v) is 11.8. The van der Waals surface area contributed by atoms with Crippen molar-refractivity contribution in [1.82, 2.24) is 0 Å². The van der Waals surface area contributed by atoms with Crippen LogP contribution in [0.5, 0.6) is 0 Å². The first-order valence-electron chi connectivity index (χ1n) is 6.33. The number of carbonyl (C=O) groups is 1. The summed E-state index contributed by atoms with van der Waals surface area (Å²) < 4.78 is 13.7. The Morgan fingerprint density at radius 3 is 2.55 bits per heavy atom. The molecule has 0 heterocycles. The van der Waals surface area contributed by atoms with Gasteiger partial charge in [0.2, 0.25) is 0 Å². The number of nitrogens with one attached hydrogen (secondary N) is 1. The van der Waals surface area contributed by atoms with Gasteiger partial charge < -0.3 is 11.1 Å². The second-order valence-corrected chi connectivity index (χ2v) is 4.91. The highest BCUT2D eigenvalue weighted by molar-refractivity contribution is 6.05. The Labute approximate surface area is 117 Å². The third-order valence-corrected chi connectivity index (χ3v) is 3.32. The van der Waals surface area contributed by atoms with Crippen LogP contribution in [0.4, 0.5) is 15.8 Å². The number of nitrogens with two attached hydrogens (primary N) is 1. The average molecular weight is 272 g/mol. The molecule has 0 aromatic heterocycles. The van der Waals surface area contributed by atoms with Crippen LogP contribution >= 0.6 is 0 Å². The maximum Gasteiger partial charge on any atom is 0.258 e. The molecular formula is C16H17FN2O. The molecule has 0 aliphatic heterocycles. The summed E-state index contributed by atoms with van der Waals surface area (Å²) in [6, 6.07) is 8.06. The predicted octanol–water partition coefficient (Wildman–Crippen LogP) is 3.59. The van der Waals surface area contributed by atoms with E-state index in [2.05, 4.69) is 5.32 Å². The summed E-state index contributed by atoms with van der Waals surface area (Å²) in [5, 5.41) is 2.74. The Morgan fingerprint density at radius 2 is 1.85 bits per heavy atom. The first-order valence-corrected chi connectivity index (χ1v) is 6.33. The Kier molecular flexibility index (Phi) is 3.74. The SMILES string of the molecule is Cc1ccc(F)c(C(=O)Nc2c(C)ccc(N)c2C)c1. The van der Waals surface area contributed by atoms with E-state index in [-0.39, 0.29) is 5.56 Å². The first-order chi connectivity index (χ1) is 9.40. The smallest absolute Gasteiger partial charge is 0.258 e. The van der Waals surface area contributed by atoms with E-state index in [9.17, 15) is 9.18 Å². The number of carbonyl (C=O) groups excluding carboxylic acids is 1. The van der Waals surface area contributed by atoms with Gasteiger partial charge in [-0.15, -0.1) is 0 Å². The minimum atomic E-state index is -0.535. The molecule has 0 saturated heterocycles. The molecule has 104 valence electrons. The predicted molar refractivity (Wildman–Crippen MR) is 79.4 cm³/mol. The lowest BCUT2D eigenvalue weighted by Crippen LogP contribution is -2.16. The average Bonchev–Trinajstić information content (AvgIpc) is 2.41. The lowest BCUT2D eigenvalue weighted by atomic mass is 10.1. The first kappa shape index (κ1) is 14.1. The van der Waals surface area contributed by atoms with Crippen LogP contribution in [0.2, 0.25) is 0 Å². The molecule has 0 aliphatic carbocycles. The summed E-state index contributed by atoms with van der Waals surface area (Å²) in [7, 11) is 0. The molecule has 4 heteroatoms. The molecule has 0 fully saturated rings. The standard InChI is InChI=1S/C16H17FN2O/c1-9-4-6-13(17)12(8-9)16(20)19-15-10(2)5-7-14(18)11(15)3/h4-8H,18H2,1-3H3,(H,19,20). The van der Waals surface area contributed by atoms with Crippen LogP contribution in [0.25, 0.3) is 0 Å². The van der Waals surface area contributed by atoms with Crippen molar-refractivity contribution in [3.05, 3.63) is 58.4 Å². The molecule has 0 unspecified atom stereocenters. The van der Waals surface area contributed by atoms with E-state index in [1.165, 1.54) is 12.1 Å². The molecule has 20 heavy (non-hydrogen) atoms. The van der Waals surface area contributed by atoms with E-state index < -0.39 is 11.7 Å². The largest absolute Gasteiger partial charge is 0.398 e. The van der Waals surface area contributed by atoms with Crippen molar-refractivity contribution in [3.8, 4) is 0 Å². The maximum atomic E-state index is 13.7. The molecule has 0 radical (unpaired) electrons. The van der Waals surface area contributed by atoms with Crippen molar-refractivity contribution in [2.45, 2.75) is 20.8 Å². The van der Waals surface area contributed by atoms with Gasteiger partial charge in [0.1, 0.15) is 5.82 Å². The minimum Gasteiger partial charge on any atom is -0.398 e. The van der Waals surface area contributed by atoms with Gasteiger partial charge in [-0.3, -0.25) is 4.79 Å². The zero-order chi connectivity index (χ0) is 14.9. The van der Waals surface area contributed by atoms with E-state index in [0.29, 0.717) is 11.4 Å². The van der Waals surface area contributed by atoms with E-state index in [0.717, 1.165) is 16.7 Å². The topological polar surface area (TPSA) is 55.1 Å². The van der Waals surface area contributed by atoms with Crippen molar-refractivity contribution >= 4 is 17.3 Å². The fraction of sp³-hybridized carbons (Fsp3) is 0.188. The van der Waals surface area contributed by atoms with Crippen LogP contribution in [0.1, 0.15) is 27.0 Å².